The Morgan fingerprint density at radius 1 is 1.17 bits per heavy atom. The second-order valence-electron chi connectivity index (χ2n) is 7.02. The van der Waals surface area contributed by atoms with E-state index < -0.39 is 0 Å². The molecule has 1 aromatic carbocycles. The second kappa shape index (κ2) is 6.81. The highest BCUT2D eigenvalue weighted by Crippen LogP contribution is 2.29. The first-order chi connectivity index (χ1) is 11.5. The monoisotopic (exact) mass is 332 g/mol. The van der Waals surface area contributed by atoms with Gasteiger partial charge in [0.1, 0.15) is 6.54 Å². The molecule has 1 aromatic heterocycles. The van der Waals surface area contributed by atoms with E-state index in [1.54, 1.807) is 26.4 Å². The van der Waals surface area contributed by atoms with Crippen LogP contribution in [0.25, 0.3) is 10.9 Å². The van der Waals surface area contributed by atoms with Crippen LogP contribution in [-0.4, -0.2) is 37.3 Å². The first-order valence-corrected chi connectivity index (χ1v) is 8.48. The van der Waals surface area contributed by atoms with E-state index >= 15 is 0 Å². The molecule has 3 rings (SSSR count). The summed E-state index contributed by atoms with van der Waals surface area (Å²) in [5.41, 5.74) is 0.511. The molecular formula is C18H26N3O3+. The molecule has 1 unspecified atom stereocenters. The molecule has 1 saturated heterocycles. The van der Waals surface area contributed by atoms with Crippen molar-refractivity contribution in [3.05, 3.63) is 28.3 Å². The lowest BCUT2D eigenvalue weighted by molar-refractivity contribution is -0.926. The molecule has 6 nitrogen and oxygen atoms in total. The third-order valence-electron chi connectivity index (χ3n) is 4.76. The van der Waals surface area contributed by atoms with Crippen LogP contribution < -0.4 is 19.9 Å². The minimum atomic E-state index is -0.131. The van der Waals surface area contributed by atoms with Crippen LogP contribution in [0.1, 0.15) is 26.1 Å². The number of hydrogen-bond donors (Lipinski definition) is 2. The van der Waals surface area contributed by atoms with E-state index in [0.717, 1.165) is 25.5 Å². The minimum Gasteiger partial charge on any atom is -0.493 e. The molecule has 2 N–H and O–H groups in total. The van der Waals surface area contributed by atoms with E-state index in [-0.39, 0.29) is 5.56 Å². The first-order valence-electron chi connectivity index (χ1n) is 8.48. The Bertz CT molecular complexity index is 777. The van der Waals surface area contributed by atoms with E-state index in [9.17, 15) is 4.79 Å². The fourth-order valence-corrected chi connectivity index (χ4v) is 3.90. The molecule has 2 aromatic rings. The highest BCUT2D eigenvalue weighted by atomic mass is 16.5. The predicted molar refractivity (Wildman–Crippen MR) is 92.8 cm³/mol. The maximum Gasteiger partial charge on any atom is 0.259 e. The van der Waals surface area contributed by atoms with E-state index in [0.29, 0.717) is 34.2 Å². The molecule has 0 bridgehead atoms. The predicted octanol–water partition coefficient (Wildman–Crippen LogP) is 1.00. The van der Waals surface area contributed by atoms with E-state index in [4.69, 9.17) is 9.47 Å². The van der Waals surface area contributed by atoms with Crippen LogP contribution in [0.2, 0.25) is 0 Å². The SMILES string of the molecule is COc1cc2nc(C[NH+]3C[C@H](C)C[C@H](C)C3)[nH]c(=O)c2cc1OC. The Morgan fingerprint density at radius 3 is 2.42 bits per heavy atom. The third-order valence-corrected chi connectivity index (χ3v) is 4.76. The number of aromatic amines is 1. The average Bonchev–Trinajstić information content (AvgIpc) is 2.52. The summed E-state index contributed by atoms with van der Waals surface area (Å²) in [7, 11) is 3.14. The second-order valence-corrected chi connectivity index (χ2v) is 7.02. The lowest BCUT2D eigenvalue weighted by atomic mass is 9.92. The van der Waals surface area contributed by atoms with Crippen molar-refractivity contribution in [3.63, 3.8) is 0 Å². The van der Waals surface area contributed by atoms with Gasteiger partial charge in [0.15, 0.2) is 17.3 Å². The Hall–Kier alpha value is -2.08. The van der Waals surface area contributed by atoms with Crippen molar-refractivity contribution in [2.45, 2.75) is 26.8 Å². The average molecular weight is 332 g/mol. The van der Waals surface area contributed by atoms with E-state index in [2.05, 4.69) is 23.8 Å². The number of ether oxygens (including phenoxy) is 2. The molecule has 0 spiro atoms. The van der Waals surface area contributed by atoms with Crippen molar-refractivity contribution in [2.75, 3.05) is 27.3 Å². The van der Waals surface area contributed by atoms with Crippen LogP contribution >= 0.6 is 0 Å². The van der Waals surface area contributed by atoms with Crippen LogP contribution in [0.5, 0.6) is 11.5 Å². The number of H-pyrrole nitrogens is 1. The van der Waals surface area contributed by atoms with E-state index in [1.165, 1.54) is 11.3 Å². The van der Waals surface area contributed by atoms with Gasteiger partial charge in [0.25, 0.3) is 5.56 Å². The normalized spacial score (nSPS) is 24.1. The van der Waals surface area contributed by atoms with Crippen LogP contribution in [0, 0.1) is 11.8 Å². The van der Waals surface area contributed by atoms with Crippen molar-refractivity contribution < 1.29 is 14.4 Å². The van der Waals surface area contributed by atoms with Gasteiger partial charge in [-0.2, -0.15) is 0 Å². The van der Waals surface area contributed by atoms with Crippen molar-refractivity contribution >= 4 is 10.9 Å². The van der Waals surface area contributed by atoms with Crippen molar-refractivity contribution in [2.24, 2.45) is 11.8 Å². The number of nitrogens with one attached hydrogen (secondary N) is 2. The summed E-state index contributed by atoms with van der Waals surface area (Å²) >= 11 is 0. The van der Waals surface area contributed by atoms with E-state index in [1.807, 2.05) is 0 Å². The number of benzene rings is 1. The standard InChI is InChI=1S/C18H25N3O3/c1-11-5-12(2)9-21(8-11)10-17-19-14-7-16(24-4)15(23-3)6-13(14)18(22)20-17/h6-7,11-12H,5,8-10H2,1-4H3,(H,19,20,22)/p+1/t11-,12+. The van der Waals surface area contributed by atoms with Gasteiger partial charge < -0.3 is 19.4 Å². The van der Waals surface area contributed by atoms with Crippen LogP contribution in [0.4, 0.5) is 0 Å². The largest absolute Gasteiger partial charge is 0.493 e. The molecule has 24 heavy (non-hydrogen) atoms. The molecule has 2 heterocycles. The minimum absolute atomic E-state index is 0.131. The summed E-state index contributed by atoms with van der Waals surface area (Å²) < 4.78 is 10.6. The molecule has 1 fully saturated rings. The molecule has 6 heteroatoms. The number of methoxy groups -OCH3 is 2. The number of nitrogens with zero attached hydrogens (tertiary/aromatic N) is 1. The zero-order valence-electron chi connectivity index (χ0n) is 14.8. The van der Waals surface area contributed by atoms with Crippen LogP contribution in [-0.2, 0) is 6.54 Å². The van der Waals surface area contributed by atoms with Gasteiger partial charge in [-0.3, -0.25) is 4.79 Å². The Balaban J connectivity index is 1.93. The van der Waals surface area contributed by atoms with Crippen molar-refractivity contribution in [1.82, 2.24) is 9.97 Å². The first kappa shape index (κ1) is 16.8. The van der Waals surface area contributed by atoms with Crippen LogP contribution in [0.3, 0.4) is 0 Å². The van der Waals surface area contributed by atoms with Crippen LogP contribution in [0.15, 0.2) is 16.9 Å². The quantitative estimate of drug-likeness (QED) is 0.876. The summed E-state index contributed by atoms with van der Waals surface area (Å²) in [4.78, 5) is 21.5. The molecule has 0 amide bonds. The highest BCUT2D eigenvalue weighted by Gasteiger charge is 2.26. The molecule has 0 aliphatic carbocycles. The fourth-order valence-electron chi connectivity index (χ4n) is 3.90. The van der Waals surface area contributed by atoms with Gasteiger partial charge in [0, 0.05) is 17.9 Å². The van der Waals surface area contributed by atoms with Gasteiger partial charge in [0.05, 0.1) is 38.2 Å². The maximum absolute atomic E-state index is 12.4. The Kier molecular flexibility index (Phi) is 4.76. The number of hydrogen-bond acceptors (Lipinski definition) is 4. The Morgan fingerprint density at radius 2 is 1.79 bits per heavy atom. The van der Waals surface area contributed by atoms with Gasteiger partial charge in [-0.15, -0.1) is 0 Å². The fraction of sp³-hybridized carbons (Fsp3) is 0.556. The third kappa shape index (κ3) is 3.38. The molecule has 3 atom stereocenters. The summed E-state index contributed by atoms with van der Waals surface area (Å²) in [6.45, 7) is 7.58. The molecule has 0 radical (unpaired) electrons. The number of quaternary nitrogens is 1. The number of fused-ring (bicyclic) bond motifs is 1. The number of likely N-dealkylation sites (tertiary alicyclic amines) is 1. The number of aromatic nitrogens is 2. The maximum atomic E-state index is 12.4. The topological polar surface area (TPSA) is 68.7 Å². The molecular weight excluding hydrogens is 306 g/mol. The lowest BCUT2D eigenvalue weighted by Gasteiger charge is -2.31. The summed E-state index contributed by atoms with van der Waals surface area (Å²) in [5.74, 6) is 3.27. The van der Waals surface area contributed by atoms with Crippen molar-refractivity contribution in [1.29, 1.82) is 0 Å². The smallest absolute Gasteiger partial charge is 0.259 e. The zero-order valence-corrected chi connectivity index (χ0v) is 14.8. The summed E-state index contributed by atoms with van der Waals surface area (Å²) in [6.07, 6.45) is 1.28. The Labute approximate surface area is 141 Å². The number of piperidine rings is 1. The van der Waals surface area contributed by atoms with Gasteiger partial charge in [-0.1, -0.05) is 13.8 Å². The lowest BCUT2D eigenvalue weighted by Crippen LogP contribution is -3.13. The van der Waals surface area contributed by atoms with Gasteiger partial charge in [-0.05, 0) is 12.5 Å². The summed E-state index contributed by atoms with van der Waals surface area (Å²) in [5, 5.41) is 0.520. The summed E-state index contributed by atoms with van der Waals surface area (Å²) in [6, 6.07) is 3.45. The van der Waals surface area contributed by atoms with Gasteiger partial charge in [-0.25, -0.2) is 4.98 Å². The molecule has 130 valence electrons. The van der Waals surface area contributed by atoms with Crippen molar-refractivity contribution in [3.8, 4) is 11.5 Å². The number of rotatable bonds is 4. The highest BCUT2D eigenvalue weighted by molar-refractivity contribution is 5.81. The molecule has 1 aliphatic rings. The molecule has 0 saturated carbocycles. The molecule has 1 aliphatic heterocycles. The zero-order chi connectivity index (χ0) is 17.3. The van der Waals surface area contributed by atoms with Gasteiger partial charge in [0.2, 0.25) is 0 Å². The van der Waals surface area contributed by atoms with Gasteiger partial charge >= 0.3 is 0 Å².